The van der Waals surface area contributed by atoms with E-state index in [1.807, 2.05) is 66.7 Å². The van der Waals surface area contributed by atoms with Crippen molar-refractivity contribution in [1.82, 2.24) is 9.47 Å². The first-order valence-corrected chi connectivity index (χ1v) is 12.8. The minimum absolute atomic E-state index is 0.241. The van der Waals surface area contributed by atoms with Crippen molar-refractivity contribution >= 4 is 22.6 Å². The van der Waals surface area contributed by atoms with E-state index in [0.717, 1.165) is 76.8 Å². The minimum atomic E-state index is -0.241. The monoisotopic (exact) mass is 484 g/mol. The predicted octanol–water partition coefficient (Wildman–Crippen LogP) is 7.14. The number of aryl methyl sites for hydroxylation is 1. The fourth-order valence-electron chi connectivity index (χ4n) is 4.16. The van der Waals surface area contributed by atoms with E-state index in [1.54, 1.807) is 0 Å². The molecule has 0 saturated heterocycles. The van der Waals surface area contributed by atoms with E-state index in [2.05, 4.69) is 33.3 Å². The van der Waals surface area contributed by atoms with E-state index in [1.165, 1.54) is 0 Å². The molecule has 36 heavy (non-hydrogen) atoms. The van der Waals surface area contributed by atoms with Crippen molar-refractivity contribution in [3.63, 3.8) is 0 Å². The summed E-state index contributed by atoms with van der Waals surface area (Å²) < 4.78 is 12.1. The standard InChI is InChI=1S/C31H36N2O3/c1-33(2,3)27-17-15-24(16-18-27)31(34)35-21-11-6-4-5-8-12-26-22-25-23-29(19-20-30(25)32-26)36-28-13-9-7-10-14-28/h7,9-10,13-20,22-23H,4-6,8,11-12,21H2,1-3H3. The molecule has 0 unspecified atom stereocenters. The summed E-state index contributed by atoms with van der Waals surface area (Å²) in [5.74, 6) is 1.42. The van der Waals surface area contributed by atoms with Gasteiger partial charge in [0.05, 0.1) is 33.3 Å². The van der Waals surface area contributed by atoms with Crippen LogP contribution in [0.1, 0.15) is 48.2 Å². The summed E-state index contributed by atoms with van der Waals surface area (Å²) in [6.45, 7) is 0.471. The number of esters is 1. The summed E-state index contributed by atoms with van der Waals surface area (Å²) in [5, 5.41) is 1.12. The predicted molar refractivity (Wildman–Crippen MR) is 147 cm³/mol. The molecular formula is C31H36N2O3. The Bertz CT molecular complexity index is 1250. The zero-order chi connectivity index (χ0) is 25.4. The number of aromatic nitrogens is 1. The van der Waals surface area contributed by atoms with Gasteiger partial charge in [-0.05, 0) is 66.8 Å². The van der Waals surface area contributed by atoms with Gasteiger partial charge in [0.15, 0.2) is 0 Å². The first-order chi connectivity index (χ1) is 17.4. The van der Waals surface area contributed by atoms with Gasteiger partial charge in [-0.15, -0.1) is 5.52 Å². The number of ether oxygens (including phenoxy) is 2. The van der Waals surface area contributed by atoms with Gasteiger partial charge in [-0.2, -0.15) is 5.69 Å². The molecule has 1 heterocycles. The zero-order valence-electron chi connectivity index (χ0n) is 21.6. The number of benzene rings is 3. The Balaban J connectivity index is 1.12. The van der Waals surface area contributed by atoms with Crippen molar-refractivity contribution in [3.8, 4) is 11.5 Å². The van der Waals surface area contributed by atoms with Crippen LogP contribution in [0.25, 0.3) is 10.9 Å². The summed E-state index contributed by atoms with van der Waals surface area (Å²) in [5.41, 5.74) is 3.91. The molecule has 1 aromatic heterocycles. The lowest BCUT2D eigenvalue weighted by molar-refractivity contribution is 0.0497. The van der Waals surface area contributed by atoms with Crippen LogP contribution in [0.4, 0.5) is 5.69 Å². The third-order valence-corrected chi connectivity index (χ3v) is 6.25. The third kappa shape index (κ3) is 7.22. The molecule has 0 amide bonds. The SMILES string of the molecule is C[N+](C)(C)c1ccc(C(=O)OCCCCCCCc2cc3cc(Oc4ccccc4)ccc3[n-]2)cc1. The van der Waals surface area contributed by atoms with Crippen LogP contribution in [-0.4, -0.2) is 33.7 Å². The maximum atomic E-state index is 12.2. The lowest BCUT2D eigenvalue weighted by Crippen LogP contribution is -2.34. The normalized spacial score (nSPS) is 11.5. The van der Waals surface area contributed by atoms with Crippen LogP contribution in [0, 0.1) is 0 Å². The fourth-order valence-corrected chi connectivity index (χ4v) is 4.16. The van der Waals surface area contributed by atoms with Gasteiger partial charge in [0, 0.05) is 0 Å². The summed E-state index contributed by atoms with van der Waals surface area (Å²) in [6.07, 6.45) is 6.31. The van der Waals surface area contributed by atoms with Gasteiger partial charge in [0.25, 0.3) is 0 Å². The highest BCUT2D eigenvalue weighted by molar-refractivity contribution is 5.89. The summed E-state index contributed by atoms with van der Waals surface area (Å²) in [6, 6.07) is 25.7. The van der Waals surface area contributed by atoms with Crippen LogP contribution < -0.4 is 14.2 Å². The molecule has 4 rings (SSSR count). The highest BCUT2D eigenvalue weighted by Gasteiger charge is 2.13. The van der Waals surface area contributed by atoms with E-state index in [4.69, 9.17) is 14.5 Å². The molecular weight excluding hydrogens is 448 g/mol. The number of hydrogen-bond acceptors (Lipinski definition) is 3. The molecule has 0 aliphatic heterocycles. The van der Waals surface area contributed by atoms with Crippen LogP contribution >= 0.6 is 0 Å². The number of para-hydroxylation sites is 1. The second-order valence-electron chi connectivity index (χ2n) is 10.1. The molecule has 0 fully saturated rings. The maximum absolute atomic E-state index is 12.2. The summed E-state index contributed by atoms with van der Waals surface area (Å²) in [7, 11) is 6.30. The first-order valence-electron chi connectivity index (χ1n) is 12.8. The average Bonchev–Trinajstić information content (AvgIpc) is 3.28. The van der Waals surface area contributed by atoms with Gasteiger partial charge in [-0.3, -0.25) is 4.48 Å². The first kappa shape index (κ1) is 25.5. The Kier molecular flexibility index (Phi) is 8.44. The number of carbonyl (C=O) groups excluding carboxylic acids is 1. The number of unbranched alkanes of at least 4 members (excludes halogenated alkanes) is 4. The molecule has 3 aromatic carbocycles. The van der Waals surface area contributed by atoms with Crippen molar-refractivity contribution < 1.29 is 14.3 Å². The van der Waals surface area contributed by atoms with Crippen LogP contribution in [0.15, 0.2) is 78.9 Å². The topological polar surface area (TPSA) is 49.6 Å². The number of hydrogen-bond donors (Lipinski definition) is 0. The zero-order valence-corrected chi connectivity index (χ0v) is 21.6. The van der Waals surface area contributed by atoms with Gasteiger partial charge in [-0.25, -0.2) is 4.79 Å². The number of carbonyl (C=O) groups is 1. The van der Waals surface area contributed by atoms with E-state index in [0.29, 0.717) is 12.2 Å². The second-order valence-corrected chi connectivity index (χ2v) is 10.1. The molecule has 5 nitrogen and oxygen atoms in total. The Morgan fingerprint density at radius 1 is 0.778 bits per heavy atom. The lowest BCUT2D eigenvalue weighted by Gasteiger charge is -2.23. The number of rotatable bonds is 12. The van der Waals surface area contributed by atoms with Crippen molar-refractivity contribution in [3.05, 3.63) is 90.1 Å². The Morgan fingerprint density at radius 2 is 1.50 bits per heavy atom. The maximum Gasteiger partial charge on any atom is 0.338 e. The Hall–Kier alpha value is -3.57. The van der Waals surface area contributed by atoms with Gasteiger partial charge < -0.3 is 14.5 Å². The number of quaternary nitrogens is 1. The van der Waals surface area contributed by atoms with E-state index < -0.39 is 0 Å². The van der Waals surface area contributed by atoms with Crippen LogP contribution in [0.3, 0.4) is 0 Å². The quantitative estimate of drug-likeness (QED) is 0.122. The highest BCUT2D eigenvalue weighted by atomic mass is 16.5. The van der Waals surface area contributed by atoms with E-state index >= 15 is 0 Å². The molecule has 0 radical (unpaired) electrons. The van der Waals surface area contributed by atoms with Crippen LogP contribution in [0.2, 0.25) is 0 Å². The summed E-state index contributed by atoms with van der Waals surface area (Å²) in [4.78, 5) is 17.0. The van der Waals surface area contributed by atoms with Crippen LogP contribution in [-0.2, 0) is 11.2 Å². The fraction of sp³-hybridized carbons (Fsp3) is 0.323. The van der Waals surface area contributed by atoms with Crippen LogP contribution in [0.5, 0.6) is 11.5 Å². The molecule has 0 N–H and O–H groups in total. The van der Waals surface area contributed by atoms with Crippen molar-refractivity contribution in [2.24, 2.45) is 0 Å². The Labute approximate surface area is 214 Å². The molecule has 0 spiro atoms. The van der Waals surface area contributed by atoms with Crippen molar-refractivity contribution in [2.75, 3.05) is 27.7 Å². The van der Waals surface area contributed by atoms with E-state index in [9.17, 15) is 4.79 Å². The van der Waals surface area contributed by atoms with Gasteiger partial charge in [0.1, 0.15) is 17.2 Å². The van der Waals surface area contributed by atoms with Crippen molar-refractivity contribution in [2.45, 2.75) is 38.5 Å². The molecule has 0 aliphatic rings. The highest BCUT2D eigenvalue weighted by Crippen LogP contribution is 2.26. The molecule has 0 saturated carbocycles. The van der Waals surface area contributed by atoms with Gasteiger partial charge in [0.2, 0.25) is 0 Å². The number of fused-ring (bicyclic) bond motifs is 1. The molecule has 0 bridgehead atoms. The van der Waals surface area contributed by atoms with Crippen molar-refractivity contribution in [1.29, 1.82) is 0 Å². The molecule has 4 aromatic rings. The molecule has 0 aliphatic carbocycles. The molecule has 0 atom stereocenters. The molecule has 5 heteroatoms. The Morgan fingerprint density at radius 3 is 2.25 bits per heavy atom. The largest absolute Gasteiger partial charge is 0.661 e. The third-order valence-electron chi connectivity index (χ3n) is 6.25. The second kappa shape index (κ2) is 11.9. The smallest absolute Gasteiger partial charge is 0.338 e. The lowest BCUT2D eigenvalue weighted by atomic mass is 10.1. The van der Waals surface area contributed by atoms with E-state index in [-0.39, 0.29) is 5.97 Å². The summed E-state index contributed by atoms with van der Waals surface area (Å²) >= 11 is 0. The van der Waals surface area contributed by atoms with Gasteiger partial charge in [-0.1, -0.05) is 56.0 Å². The number of nitrogens with zero attached hydrogens (tertiary/aromatic N) is 2. The minimum Gasteiger partial charge on any atom is -0.661 e. The van der Waals surface area contributed by atoms with Gasteiger partial charge >= 0.3 is 5.97 Å². The molecule has 188 valence electrons. The average molecular weight is 485 g/mol.